The van der Waals surface area contributed by atoms with Crippen LogP contribution in [0.4, 0.5) is 0 Å². The number of nitrogens with one attached hydrogen (secondary N) is 1. The highest BCUT2D eigenvalue weighted by Crippen LogP contribution is 2.29. The second-order valence-corrected chi connectivity index (χ2v) is 6.41. The van der Waals surface area contributed by atoms with E-state index < -0.39 is 0 Å². The van der Waals surface area contributed by atoms with Crippen molar-refractivity contribution >= 4 is 40.5 Å². The molecule has 0 aliphatic carbocycles. The number of nitrogens with two attached hydrogens (primary N) is 1. The number of halogens is 1. The van der Waals surface area contributed by atoms with Crippen LogP contribution in [0.1, 0.15) is 16.1 Å². The molecule has 1 aromatic carbocycles. The number of thioether (sulfide) groups is 1. The number of nitrogens with zero attached hydrogens (tertiary/aromatic N) is 2. The van der Waals surface area contributed by atoms with E-state index in [4.69, 9.17) is 22.7 Å². The largest absolute Gasteiger partial charge is 0.384 e. The lowest BCUT2D eigenvalue weighted by Gasteiger charge is -2.05. The minimum absolute atomic E-state index is 0.0239. The van der Waals surface area contributed by atoms with Crippen molar-refractivity contribution in [1.29, 1.82) is 5.41 Å². The number of rotatable bonds is 4. The molecule has 0 spiro atoms. The van der Waals surface area contributed by atoms with Crippen LogP contribution in [0.25, 0.3) is 0 Å². The minimum Gasteiger partial charge on any atom is -0.384 e. The zero-order chi connectivity index (χ0) is 13.1. The average molecular weight is 299 g/mol. The molecule has 0 saturated carbocycles. The Hall–Kier alpha value is -1.11. The highest BCUT2D eigenvalue weighted by molar-refractivity contribution is 8.00. The van der Waals surface area contributed by atoms with Crippen LogP contribution in [0.2, 0.25) is 5.02 Å². The normalized spacial score (nSPS) is 10.6. The fourth-order valence-corrected chi connectivity index (χ4v) is 3.45. The molecule has 0 radical (unpaired) electrons. The lowest BCUT2D eigenvalue weighted by atomic mass is 10.1. The molecule has 0 atom stereocenters. The van der Waals surface area contributed by atoms with Gasteiger partial charge in [0.1, 0.15) is 10.8 Å². The molecule has 0 amide bonds. The van der Waals surface area contributed by atoms with E-state index in [0.717, 1.165) is 20.7 Å². The van der Waals surface area contributed by atoms with Crippen molar-refractivity contribution in [3.63, 3.8) is 0 Å². The number of hydrogen-bond donors (Lipinski definition) is 2. The van der Waals surface area contributed by atoms with Crippen molar-refractivity contribution in [2.75, 3.05) is 0 Å². The summed E-state index contributed by atoms with van der Waals surface area (Å²) in [4.78, 5) is 0. The molecular weight excluding hydrogens is 288 g/mol. The molecule has 0 aliphatic heterocycles. The van der Waals surface area contributed by atoms with Gasteiger partial charge in [-0.15, -0.1) is 10.2 Å². The van der Waals surface area contributed by atoms with Crippen molar-refractivity contribution in [2.45, 2.75) is 17.0 Å². The van der Waals surface area contributed by atoms with Crippen molar-refractivity contribution in [2.24, 2.45) is 5.73 Å². The van der Waals surface area contributed by atoms with Crippen LogP contribution in [-0.2, 0) is 5.75 Å². The van der Waals surface area contributed by atoms with Gasteiger partial charge in [0.05, 0.1) is 0 Å². The van der Waals surface area contributed by atoms with Gasteiger partial charge in [-0.2, -0.15) is 0 Å². The molecule has 7 heteroatoms. The van der Waals surface area contributed by atoms with Crippen molar-refractivity contribution in [3.8, 4) is 0 Å². The second kappa shape index (κ2) is 5.69. The van der Waals surface area contributed by atoms with Gasteiger partial charge in [-0.1, -0.05) is 46.8 Å². The Labute approximate surface area is 118 Å². The first kappa shape index (κ1) is 13.3. The van der Waals surface area contributed by atoms with E-state index in [9.17, 15) is 0 Å². The number of amidine groups is 1. The predicted octanol–water partition coefficient (Wildman–Crippen LogP) is 3.08. The van der Waals surface area contributed by atoms with Gasteiger partial charge in [0.2, 0.25) is 0 Å². The Morgan fingerprint density at radius 2 is 2.28 bits per heavy atom. The Bertz CT molecular complexity index is 582. The molecule has 18 heavy (non-hydrogen) atoms. The summed E-state index contributed by atoms with van der Waals surface area (Å²) in [5, 5.41) is 16.9. The molecule has 2 rings (SSSR count). The van der Waals surface area contributed by atoms with Crippen LogP contribution in [-0.4, -0.2) is 16.0 Å². The second-order valence-electron chi connectivity index (χ2n) is 3.60. The monoisotopic (exact) mass is 298 g/mol. The van der Waals surface area contributed by atoms with Crippen molar-refractivity contribution in [1.82, 2.24) is 10.2 Å². The standard InChI is InChI=1S/C11H11ClN4S2/c1-6-15-16-11(18-6)17-5-8-3-2-7(10(13)14)4-9(8)12/h2-4H,5H2,1H3,(H3,13,14). The molecule has 0 fully saturated rings. The van der Waals surface area contributed by atoms with Crippen LogP contribution in [0, 0.1) is 12.3 Å². The first-order valence-electron chi connectivity index (χ1n) is 5.12. The first-order valence-corrected chi connectivity index (χ1v) is 7.30. The summed E-state index contributed by atoms with van der Waals surface area (Å²) in [5.41, 5.74) is 7.04. The Morgan fingerprint density at radius 1 is 1.50 bits per heavy atom. The number of benzene rings is 1. The third kappa shape index (κ3) is 3.22. The van der Waals surface area contributed by atoms with Crippen LogP contribution >= 0.6 is 34.7 Å². The molecule has 2 aromatic rings. The van der Waals surface area contributed by atoms with Gasteiger partial charge in [-0.3, -0.25) is 5.41 Å². The highest BCUT2D eigenvalue weighted by Gasteiger charge is 2.06. The number of hydrogen-bond acceptors (Lipinski definition) is 5. The van der Waals surface area contributed by atoms with E-state index >= 15 is 0 Å². The maximum Gasteiger partial charge on any atom is 0.174 e. The van der Waals surface area contributed by atoms with E-state index in [0.29, 0.717) is 10.6 Å². The summed E-state index contributed by atoms with van der Waals surface area (Å²) in [6.45, 7) is 1.93. The van der Waals surface area contributed by atoms with Crippen molar-refractivity contribution in [3.05, 3.63) is 39.4 Å². The summed E-state index contributed by atoms with van der Waals surface area (Å²) in [5.74, 6) is 0.752. The van der Waals surface area contributed by atoms with E-state index in [1.165, 1.54) is 0 Å². The third-order valence-electron chi connectivity index (χ3n) is 2.22. The fourth-order valence-electron chi connectivity index (χ4n) is 1.31. The van der Waals surface area contributed by atoms with Crippen molar-refractivity contribution < 1.29 is 0 Å². The number of aromatic nitrogens is 2. The van der Waals surface area contributed by atoms with Gasteiger partial charge in [0.25, 0.3) is 0 Å². The highest BCUT2D eigenvalue weighted by atomic mass is 35.5. The minimum atomic E-state index is 0.0239. The molecule has 0 aliphatic rings. The Morgan fingerprint density at radius 3 is 2.83 bits per heavy atom. The van der Waals surface area contributed by atoms with Gasteiger partial charge in [0, 0.05) is 16.3 Å². The molecular formula is C11H11ClN4S2. The van der Waals surface area contributed by atoms with Crippen LogP contribution in [0.5, 0.6) is 0 Å². The van der Waals surface area contributed by atoms with E-state index in [-0.39, 0.29) is 5.84 Å². The Balaban J connectivity index is 2.08. The lowest BCUT2D eigenvalue weighted by Crippen LogP contribution is -2.10. The number of aryl methyl sites for hydroxylation is 1. The molecule has 3 N–H and O–H groups in total. The maximum absolute atomic E-state index is 7.34. The lowest BCUT2D eigenvalue weighted by molar-refractivity contribution is 0.983. The van der Waals surface area contributed by atoms with Gasteiger partial charge in [-0.05, 0) is 18.6 Å². The topological polar surface area (TPSA) is 75.7 Å². The predicted molar refractivity (Wildman–Crippen MR) is 76.7 cm³/mol. The van der Waals surface area contributed by atoms with E-state index in [2.05, 4.69) is 10.2 Å². The molecule has 0 unspecified atom stereocenters. The zero-order valence-corrected chi connectivity index (χ0v) is 12.0. The molecule has 1 heterocycles. The van der Waals surface area contributed by atoms with Crippen LogP contribution in [0.15, 0.2) is 22.5 Å². The first-order chi connectivity index (χ1) is 8.56. The number of nitrogen functional groups attached to an aromatic ring is 1. The quantitative estimate of drug-likeness (QED) is 0.517. The van der Waals surface area contributed by atoms with Crippen LogP contribution in [0.3, 0.4) is 0 Å². The Kier molecular flexibility index (Phi) is 4.21. The van der Waals surface area contributed by atoms with Gasteiger partial charge in [-0.25, -0.2) is 0 Å². The van der Waals surface area contributed by atoms with Crippen LogP contribution < -0.4 is 5.73 Å². The molecule has 4 nitrogen and oxygen atoms in total. The summed E-state index contributed by atoms with van der Waals surface area (Å²) in [6.07, 6.45) is 0. The molecule has 94 valence electrons. The summed E-state index contributed by atoms with van der Waals surface area (Å²) in [6, 6.07) is 5.40. The fraction of sp³-hybridized carbons (Fsp3) is 0.182. The van der Waals surface area contributed by atoms with E-state index in [1.807, 2.05) is 13.0 Å². The maximum atomic E-state index is 7.34. The molecule has 0 bridgehead atoms. The molecule has 0 saturated heterocycles. The zero-order valence-electron chi connectivity index (χ0n) is 9.61. The summed E-state index contributed by atoms with van der Waals surface area (Å²) in [7, 11) is 0. The average Bonchev–Trinajstić information content (AvgIpc) is 2.73. The SMILES string of the molecule is Cc1nnc(SCc2ccc(C(=N)N)cc2Cl)s1. The third-order valence-corrected chi connectivity index (χ3v) is 4.60. The smallest absolute Gasteiger partial charge is 0.174 e. The summed E-state index contributed by atoms with van der Waals surface area (Å²) >= 11 is 9.31. The van der Waals surface area contributed by atoms with Gasteiger partial charge < -0.3 is 5.73 Å². The molecule has 1 aromatic heterocycles. The van der Waals surface area contributed by atoms with Gasteiger partial charge in [0.15, 0.2) is 4.34 Å². The van der Waals surface area contributed by atoms with Gasteiger partial charge >= 0.3 is 0 Å². The summed E-state index contributed by atoms with van der Waals surface area (Å²) < 4.78 is 0.930. The van der Waals surface area contributed by atoms with E-state index in [1.54, 1.807) is 35.2 Å².